The van der Waals surface area contributed by atoms with Gasteiger partial charge in [0.15, 0.2) is 0 Å². The highest BCUT2D eigenvalue weighted by molar-refractivity contribution is 6.34. The molecule has 0 fully saturated rings. The van der Waals surface area contributed by atoms with Gasteiger partial charge in [-0.25, -0.2) is 4.79 Å². The molecule has 1 unspecified atom stereocenters. The first-order chi connectivity index (χ1) is 8.11. The Morgan fingerprint density at radius 3 is 2.65 bits per heavy atom. The summed E-state index contributed by atoms with van der Waals surface area (Å²) in [6, 6.07) is 10.0. The van der Waals surface area contributed by atoms with Crippen molar-refractivity contribution in [3.05, 3.63) is 48.2 Å². The molecule has 1 aromatic rings. The van der Waals surface area contributed by atoms with Gasteiger partial charge in [-0.05, 0) is 12.5 Å². The van der Waals surface area contributed by atoms with E-state index in [9.17, 15) is 4.79 Å². The smallest absolute Gasteiger partial charge is 0.351 e. The molecular weight excluding hydrogens is 216 g/mol. The van der Waals surface area contributed by atoms with Crippen molar-refractivity contribution in [2.75, 3.05) is 0 Å². The molecule has 1 rings (SSSR count). The first-order valence-electron chi connectivity index (χ1n) is 5.36. The number of hydrazone groups is 1. The number of hydrogen-bond donors (Lipinski definition) is 2. The van der Waals surface area contributed by atoms with Crippen LogP contribution in [0.1, 0.15) is 25.3 Å². The minimum Gasteiger partial charge on any atom is -0.477 e. The molecule has 0 aliphatic heterocycles. The summed E-state index contributed by atoms with van der Waals surface area (Å²) >= 11 is 0. The number of carbonyl (C=O) groups is 1. The summed E-state index contributed by atoms with van der Waals surface area (Å²) in [7, 11) is 0. The minimum absolute atomic E-state index is 0.0296. The van der Waals surface area contributed by atoms with Crippen molar-refractivity contribution >= 4 is 11.7 Å². The van der Waals surface area contributed by atoms with E-state index >= 15 is 0 Å². The van der Waals surface area contributed by atoms with Crippen LogP contribution in [0.3, 0.4) is 0 Å². The predicted octanol–water partition coefficient (Wildman–Crippen LogP) is 2.35. The van der Waals surface area contributed by atoms with Crippen LogP contribution >= 0.6 is 0 Å². The molecule has 0 spiro atoms. The van der Waals surface area contributed by atoms with Gasteiger partial charge in [0.1, 0.15) is 5.71 Å². The van der Waals surface area contributed by atoms with Crippen molar-refractivity contribution in [1.29, 1.82) is 0 Å². The largest absolute Gasteiger partial charge is 0.477 e. The Kier molecular flexibility index (Phi) is 4.94. The molecule has 4 heteroatoms. The third kappa shape index (κ3) is 4.51. The first kappa shape index (κ1) is 13.0. The third-order valence-electron chi connectivity index (χ3n) is 2.33. The summed E-state index contributed by atoms with van der Waals surface area (Å²) in [4.78, 5) is 10.5. The van der Waals surface area contributed by atoms with Crippen LogP contribution in [0.25, 0.3) is 0 Å². The van der Waals surface area contributed by atoms with E-state index in [0.717, 1.165) is 0 Å². The van der Waals surface area contributed by atoms with Crippen molar-refractivity contribution in [2.24, 2.45) is 5.10 Å². The predicted molar refractivity (Wildman–Crippen MR) is 67.9 cm³/mol. The van der Waals surface area contributed by atoms with E-state index in [4.69, 9.17) is 5.11 Å². The second kappa shape index (κ2) is 6.48. The lowest BCUT2D eigenvalue weighted by Gasteiger charge is -2.05. The number of rotatable bonds is 5. The molecule has 90 valence electrons. The van der Waals surface area contributed by atoms with Crippen molar-refractivity contribution in [1.82, 2.24) is 5.43 Å². The molecule has 17 heavy (non-hydrogen) atoms. The van der Waals surface area contributed by atoms with E-state index in [2.05, 4.69) is 17.5 Å². The SMILES string of the molecule is CC(=NNC=CC(C)c1ccccc1)C(=O)O. The Labute approximate surface area is 101 Å². The zero-order valence-electron chi connectivity index (χ0n) is 9.92. The summed E-state index contributed by atoms with van der Waals surface area (Å²) in [5.41, 5.74) is 3.82. The number of aliphatic carboxylic acids is 1. The summed E-state index contributed by atoms with van der Waals surface area (Å²) in [6.45, 7) is 3.49. The molecule has 0 radical (unpaired) electrons. The Bertz CT molecular complexity index is 424. The van der Waals surface area contributed by atoms with Crippen molar-refractivity contribution < 1.29 is 9.90 Å². The van der Waals surface area contributed by atoms with Gasteiger partial charge in [-0.1, -0.05) is 43.3 Å². The van der Waals surface area contributed by atoms with Crippen LogP contribution in [0, 0.1) is 0 Å². The maximum Gasteiger partial charge on any atom is 0.351 e. The van der Waals surface area contributed by atoms with Gasteiger partial charge in [0.05, 0.1) is 0 Å². The van der Waals surface area contributed by atoms with E-state index in [0.29, 0.717) is 0 Å². The van der Waals surface area contributed by atoms with E-state index in [1.54, 1.807) is 6.20 Å². The van der Waals surface area contributed by atoms with Crippen molar-refractivity contribution in [3.8, 4) is 0 Å². The summed E-state index contributed by atoms with van der Waals surface area (Å²) in [5, 5.41) is 12.2. The van der Waals surface area contributed by atoms with Gasteiger partial charge in [0, 0.05) is 12.1 Å². The number of nitrogens with zero attached hydrogens (tertiary/aromatic N) is 1. The summed E-state index contributed by atoms with van der Waals surface area (Å²) in [5.74, 6) is -0.772. The quantitative estimate of drug-likeness (QED) is 0.605. The second-order valence-electron chi connectivity index (χ2n) is 3.69. The average Bonchev–Trinajstić information content (AvgIpc) is 2.35. The Morgan fingerprint density at radius 2 is 2.06 bits per heavy atom. The van der Waals surface area contributed by atoms with Gasteiger partial charge in [-0.2, -0.15) is 5.10 Å². The standard InChI is InChI=1S/C13H16N2O2/c1-10(12-6-4-3-5-7-12)8-9-14-15-11(2)13(16)17/h3-10,14H,1-2H3,(H,16,17). The number of carboxylic acids is 1. The molecule has 0 aliphatic rings. The molecule has 4 nitrogen and oxygen atoms in total. The highest BCUT2D eigenvalue weighted by Gasteiger charge is 2.00. The fourth-order valence-corrected chi connectivity index (χ4v) is 1.24. The lowest BCUT2D eigenvalue weighted by Crippen LogP contribution is -2.11. The maximum atomic E-state index is 10.5. The summed E-state index contributed by atoms with van der Waals surface area (Å²) in [6.07, 6.45) is 3.57. The van der Waals surface area contributed by atoms with Gasteiger partial charge in [0.2, 0.25) is 0 Å². The summed E-state index contributed by atoms with van der Waals surface area (Å²) < 4.78 is 0. The van der Waals surface area contributed by atoms with Crippen LogP contribution in [-0.2, 0) is 4.79 Å². The molecule has 1 atom stereocenters. The van der Waals surface area contributed by atoms with Crippen LogP contribution < -0.4 is 5.43 Å². The van der Waals surface area contributed by atoms with Gasteiger partial charge in [0.25, 0.3) is 0 Å². The number of carboxylic acid groups (broad SMARTS) is 1. The fraction of sp³-hybridized carbons (Fsp3) is 0.231. The highest BCUT2D eigenvalue weighted by atomic mass is 16.4. The maximum absolute atomic E-state index is 10.5. The van der Waals surface area contributed by atoms with E-state index in [-0.39, 0.29) is 11.6 Å². The number of hydrogen-bond acceptors (Lipinski definition) is 3. The lowest BCUT2D eigenvalue weighted by atomic mass is 10.0. The van der Waals surface area contributed by atoms with Gasteiger partial charge < -0.3 is 5.11 Å². The van der Waals surface area contributed by atoms with Gasteiger partial charge >= 0.3 is 5.97 Å². The molecule has 0 aliphatic carbocycles. The zero-order chi connectivity index (χ0) is 12.7. The van der Waals surface area contributed by atoms with Gasteiger partial charge in [-0.3, -0.25) is 5.43 Å². The van der Waals surface area contributed by atoms with E-state index in [1.807, 2.05) is 36.4 Å². The topological polar surface area (TPSA) is 61.7 Å². The van der Waals surface area contributed by atoms with Crippen molar-refractivity contribution in [3.63, 3.8) is 0 Å². The molecule has 0 amide bonds. The van der Waals surface area contributed by atoms with Crippen LogP contribution in [0.5, 0.6) is 0 Å². The van der Waals surface area contributed by atoms with E-state index < -0.39 is 5.97 Å². The molecule has 0 saturated heterocycles. The second-order valence-corrected chi connectivity index (χ2v) is 3.69. The highest BCUT2D eigenvalue weighted by Crippen LogP contribution is 2.14. The zero-order valence-corrected chi connectivity index (χ0v) is 9.92. The third-order valence-corrected chi connectivity index (χ3v) is 2.33. The minimum atomic E-state index is -1.03. The van der Waals surface area contributed by atoms with E-state index in [1.165, 1.54) is 12.5 Å². The fourth-order valence-electron chi connectivity index (χ4n) is 1.24. The monoisotopic (exact) mass is 232 g/mol. The molecular formula is C13H16N2O2. The molecule has 1 aromatic carbocycles. The molecule has 2 N–H and O–H groups in total. The average molecular weight is 232 g/mol. The normalized spacial score (nSPS) is 13.6. The first-order valence-corrected chi connectivity index (χ1v) is 5.36. The molecule has 0 heterocycles. The van der Waals surface area contributed by atoms with Crippen LogP contribution in [0.2, 0.25) is 0 Å². The Morgan fingerprint density at radius 1 is 1.41 bits per heavy atom. The van der Waals surface area contributed by atoms with Crippen molar-refractivity contribution in [2.45, 2.75) is 19.8 Å². The Hall–Kier alpha value is -2.10. The van der Waals surface area contributed by atoms with Crippen LogP contribution in [-0.4, -0.2) is 16.8 Å². The lowest BCUT2D eigenvalue weighted by molar-refractivity contribution is -0.129. The Balaban J connectivity index is 2.50. The van der Waals surface area contributed by atoms with Gasteiger partial charge in [-0.15, -0.1) is 0 Å². The number of benzene rings is 1. The number of nitrogens with one attached hydrogen (secondary N) is 1. The number of allylic oxidation sites excluding steroid dienone is 1. The molecule has 0 aromatic heterocycles. The van der Waals surface area contributed by atoms with Crippen LogP contribution in [0.15, 0.2) is 47.7 Å². The molecule has 0 saturated carbocycles. The molecule has 0 bridgehead atoms. The van der Waals surface area contributed by atoms with Crippen LogP contribution in [0.4, 0.5) is 0 Å².